The van der Waals surface area contributed by atoms with Crippen molar-refractivity contribution in [3.63, 3.8) is 0 Å². The van der Waals surface area contributed by atoms with E-state index in [1.165, 1.54) is 17.9 Å². The molecule has 1 aromatic heterocycles. The molecule has 2 N–H and O–H groups in total. The van der Waals surface area contributed by atoms with Gasteiger partial charge in [-0.2, -0.15) is 0 Å². The van der Waals surface area contributed by atoms with Crippen molar-refractivity contribution >= 4 is 17.7 Å². The summed E-state index contributed by atoms with van der Waals surface area (Å²) in [4.78, 5) is 24.6. The zero-order chi connectivity index (χ0) is 24.1. The molecule has 2 aromatic carbocycles. The first kappa shape index (κ1) is 23.5. The molecule has 0 unspecified atom stereocenters. The highest BCUT2D eigenvalue weighted by molar-refractivity contribution is 5.90. The third kappa shape index (κ3) is 5.63. The lowest BCUT2D eigenvalue weighted by atomic mass is 10.0. The second-order valence-corrected chi connectivity index (χ2v) is 8.29. The largest absolute Gasteiger partial charge is 0.464 e. The standard InChI is InChI=1S/C26H27FN2O5/c1-17(31)28-14-23-15-29(26(32)34-23)20-9-12-24(25(27)13-20)19-7-5-18(6-8-19)3-2-4-21-10-11-22(16-30)33-21/h5-13,23,30H,2-4,14-16H2,1H3,(H,28,31)/t23-/m0/s1. The van der Waals surface area contributed by atoms with Gasteiger partial charge in [0.2, 0.25) is 5.91 Å². The van der Waals surface area contributed by atoms with Crippen LogP contribution in [0.15, 0.2) is 59.0 Å². The molecule has 4 rings (SSSR count). The van der Waals surface area contributed by atoms with Crippen molar-refractivity contribution in [3.8, 4) is 11.1 Å². The number of nitrogens with one attached hydrogen (secondary N) is 1. The summed E-state index contributed by atoms with van der Waals surface area (Å²) in [6.07, 6.45) is 1.50. The molecular formula is C26H27FN2O5. The van der Waals surface area contributed by atoms with Crippen LogP contribution < -0.4 is 10.2 Å². The normalized spacial score (nSPS) is 15.4. The van der Waals surface area contributed by atoms with E-state index in [4.69, 9.17) is 14.3 Å². The van der Waals surface area contributed by atoms with Crippen LogP contribution in [-0.2, 0) is 29.0 Å². The van der Waals surface area contributed by atoms with E-state index in [1.807, 2.05) is 30.3 Å². The molecule has 0 radical (unpaired) electrons. The number of amides is 2. The molecule has 34 heavy (non-hydrogen) atoms. The van der Waals surface area contributed by atoms with E-state index in [1.54, 1.807) is 18.2 Å². The summed E-state index contributed by atoms with van der Waals surface area (Å²) >= 11 is 0. The van der Waals surface area contributed by atoms with Gasteiger partial charge in [0.1, 0.15) is 30.0 Å². The number of halogens is 1. The summed E-state index contributed by atoms with van der Waals surface area (Å²) in [6.45, 7) is 1.76. The maximum atomic E-state index is 14.9. The molecule has 0 saturated carbocycles. The van der Waals surface area contributed by atoms with Gasteiger partial charge in [-0.3, -0.25) is 9.69 Å². The summed E-state index contributed by atoms with van der Waals surface area (Å²) < 4.78 is 25.7. The Labute approximate surface area is 197 Å². The number of ether oxygens (including phenoxy) is 1. The van der Waals surface area contributed by atoms with E-state index < -0.39 is 18.0 Å². The number of furan rings is 1. The fourth-order valence-corrected chi connectivity index (χ4v) is 3.96. The highest BCUT2D eigenvalue weighted by Gasteiger charge is 2.32. The summed E-state index contributed by atoms with van der Waals surface area (Å²) in [5.74, 6) is 0.788. The molecule has 0 spiro atoms. The first-order valence-electron chi connectivity index (χ1n) is 11.2. The first-order chi connectivity index (χ1) is 16.4. The molecule has 8 heteroatoms. The Morgan fingerprint density at radius 2 is 1.88 bits per heavy atom. The van der Waals surface area contributed by atoms with Crippen molar-refractivity contribution < 1.29 is 28.2 Å². The molecule has 1 atom stereocenters. The molecule has 1 aliphatic rings. The maximum absolute atomic E-state index is 14.9. The van der Waals surface area contributed by atoms with Gasteiger partial charge in [-0.15, -0.1) is 0 Å². The van der Waals surface area contributed by atoms with Gasteiger partial charge >= 0.3 is 6.09 Å². The van der Waals surface area contributed by atoms with Crippen LogP contribution in [0.1, 0.15) is 30.4 Å². The second kappa shape index (κ2) is 10.5. The van der Waals surface area contributed by atoms with Crippen molar-refractivity contribution in [3.05, 3.63) is 77.5 Å². The van der Waals surface area contributed by atoms with Gasteiger partial charge in [0, 0.05) is 18.9 Å². The van der Waals surface area contributed by atoms with E-state index in [0.717, 1.165) is 36.1 Å². The van der Waals surface area contributed by atoms with E-state index in [2.05, 4.69) is 5.32 Å². The van der Waals surface area contributed by atoms with Gasteiger partial charge in [-0.05, 0) is 54.3 Å². The Morgan fingerprint density at radius 3 is 2.56 bits per heavy atom. The third-order valence-electron chi connectivity index (χ3n) is 5.74. The number of aliphatic hydroxyl groups excluding tert-OH is 1. The van der Waals surface area contributed by atoms with Crippen LogP contribution in [0.3, 0.4) is 0 Å². The molecule has 2 amide bonds. The molecule has 1 fully saturated rings. The zero-order valence-corrected chi connectivity index (χ0v) is 18.9. The predicted molar refractivity (Wildman–Crippen MR) is 125 cm³/mol. The molecular weight excluding hydrogens is 439 g/mol. The summed E-state index contributed by atoms with van der Waals surface area (Å²) in [7, 11) is 0. The van der Waals surface area contributed by atoms with Gasteiger partial charge in [-0.1, -0.05) is 24.3 Å². The van der Waals surface area contributed by atoms with E-state index in [0.29, 0.717) is 17.0 Å². The van der Waals surface area contributed by atoms with Gasteiger partial charge in [0.25, 0.3) is 0 Å². The van der Waals surface area contributed by atoms with E-state index in [-0.39, 0.29) is 25.6 Å². The number of cyclic esters (lactones) is 1. The van der Waals surface area contributed by atoms with Crippen molar-refractivity contribution in [2.45, 2.75) is 38.9 Å². The Balaban J connectivity index is 1.36. The van der Waals surface area contributed by atoms with Gasteiger partial charge in [0.05, 0.1) is 18.8 Å². The van der Waals surface area contributed by atoms with Crippen LogP contribution in [0.4, 0.5) is 14.9 Å². The molecule has 7 nitrogen and oxygen atoms in total. The Bertz CT molecular complexity index is 1160. The van der Waals surface area contributed by atoms with Crippen molar-refractivity contribution in [1.82, 2.24) is 5.32 Å². The van der Waals surface area contributed by atoms with Crippen LogP contribution >= 0.6 is 0 Å². The molecule has 0 bridgehead atoms. The molecule has 178 valence electrons. The molecule has 1 saturated heterocycles. The van der Waals surface area contributed by atoms with Crippen LogP contribution in [-0.4, -0.2) is 36.3 Å². The number of aryl methyl sites for hydroxylation is 2. The quantitative estimate of drug-likeness (QED) is 0.493. The minimum atomic E-state index is -0.561. The van der Waals surface area contributed by atoms with E-state index in [9.17, 15) is 14.0 Å². The zero-order valence-electron chi connectivity index (χ0n) is 18.9. The lowest BCUT2D eigenvalue weighted by Crippen LogP contribution is -2.33. The molecule has 2 heterocycles. The fraction of sp³-hybridized carbons (Fsp3) is 0.308. The van der Waals surface area contributed by atoms with Crippen LogP contribution in [0, 0.1) is 5.82 Å². The Kier molecular flexibility index (Phi) is 7.27. The highest BCUT2D eigenvalue weighted by atomic mass is 19.1. The van der Waals surface area contributed by atoms with E-state index >= 15 is 0 Å². The SMILES string of the molecule is CC(=O)NC[C@H]1CN(c2ccc(-c3ccc(CCCc4ccc(CO)o4)cc3)c(F)c2)C(=O)O1. The number of hydrogen-bond acceptors (Lipinski definition) is 5. The van der Waals surface area contributed by atoms with Crippen molar-refractivity contribution in [2.75, 3.05) is 18.0 Å². The number of carbonyl (C=O) groups is 2. The topological polar surface area (TPSA) is 92.0 Å². The summed E-state index contributed by atoms with van der Waals surface area (Å²) in [5, 5.41) is 11.7. The molecule has 3 aromatic rings. The maximum Gasteiger partial charge on any atom is 0.414 e. The van der Waals surface area contributed by atoms with Gasteiger partial charge in [-0.25, -0.2) is 9.18 Å². The highest BCUT2D eigenvalue weighted by Crippen LogP contribution is 2.29. The lowest BCUT2D eigenvalue weighted by Gasteiger charge is -2.14. The summed E-state index contributed by atoms with van der Waals surface area (Å²) in [6, 6.07) is 16.1. The number of rotatable bonds is 9. The number of nitrogens with zero attached hydrogens (tertiary/aromatic N) is 1. The minimum Gasteiger partial charge on any atom is -0.464 e. The average Bonchev–Trinajstić information content (AvgIpc) is 3.44. The average molecular weight is 467 g/mol. The van der Waals surface area contributed by atoms with Gasteiger partial charge < -0.3 is 19.6 Å². The monoisotopic (exact) mass is 466 g/mol. The van der Waals surface area contributed by atoms with Gasteiger partial charge in [0.15, 0.2) is 0 Å². The number of benzene rings is 2. The smallest absolute Gasteiger partial charge is 0.414 e. The number of hydrogen-bond donors (Lipinski definition) is 2. The minimum absolute atomic E-state index is 0.0970. The summed E-state index contributed by atoms with van der Waals surface area (Å²) in [5.41, 5.74) is 2.75. The number of carbonyl (C=O) groups excluding carboxylic acids is 2. The Hall–Kier alpha value is -3.65. The number of aliphatic hydroxyl groups is 1. The van der Waals surface area contributed by atoms with Crippen molar-refractivity contribution in [2.24, 2.45) is 0 Å². The molecule has 0 aliphatic carbocycles. The molecule has 1 aliphatic heterocycles. The third-order valence-corrected chi connectivity index (χ3v) is 5.74. The van der Waals surface area contributed by atoms with Crippen LogP contribution in [0.2, 0.25) is 0 Å². The number of anilines is 1. The Morgan fingerprint density at radius 1 is 1.12 bits per heavy atom. The van der Waals surface area contributed by atoms with Crippen LogP contribution in [0.5, 0.6) is 0 Å². The lowest BCUT2D eigenvalue weighted by molar-refractivity contribution is -0.119. The van der Waals surface area contributed by atoms with Crippen molar-refractivity contribution in [1.29, 1.82) is 0 Å². The van der Waals surface area contributed by atoms with Crippen LogP contribution in [0.25, 0.3) is 11.1 Å². The first-order valence-corrected chi connectivity index (χ1v) is 11.2. The fourth-order valence-electron chi connectivity index (χ4n) is 3.96. The predicted octanol–water partition coefficient (Wildman–Crippen LogP) is 4.21. The second-order valence-electron chi connectivity index (χ2n) is 8.29.